The number of H-pyrrole nitrogens is 1. The Morgan fingerprint density at radius 2 is 1.72 bits per heavy atom. The van der Waals surface area contributed by atoms with Crippen LogP contribution in [0.1, 0.15) is 24.0 Å². The lowest BCUT2D eigenvalue weighted by Crippen LogP contribution is -2.48. The molecule has 0 unspecified atom stereocenters. The van der Waals surface area contributed by atoms with E-state index in [1.807, 2.05) is 29.3 Å². The van der Waals surface area contributed by atoms with E-state index in [-0.39, 0.29) is 11.7 Å². The topological polar surface area (TPSA) is 48.6 Å². The maximum absolute atomic E-state index is 12.6. The molecule has 5 nitrogen and oxygen atoms in total. The summed E-state index contributed by atoms with van der Waals surface area (Å²) in [6, 6.07) is 14.1. The van der Waals surface area contributed by atoms with Gasteiger partial charge in [0.2, 0.25) is 5.91 Å². The number of aromatic amines is 1. The van der Waals surface area contributed by atoms with Gasteiger partial charge < -0.3 is 14.6 Å². The van der Waals surface area contributed by atoms with Gasteiger partial charge in [0.25, 0.3) is 0 Å². The van der Waals surface area contributed by atoms with Gasteiger partial charge >= 0.3 is 6.36 Å². The van der Waals surface area contributed by atoms with Crippen molar-refractivity contribution in [3.63, 3.8) is 0 Å². The number of hydrogen-bond donors (Lipinski definition) is 1. The van der Waals surface area contributed by atoms with Crippen LogP contribution in [-0.2, 0) is 17.8 Å². The SMILES string of the molecule is O=C(CCCc1c[nH]c2ccccc12)N1CCN(Cc2ccc(OC(F)(F)F)cc2)CC1. The molecule has 0 radical (unpaired) electrons. The van der Waals surface area contributed by atoms with Crippen molar-refractivity contribution in [3.8, 4) is 5.75 Å². The fourth-order valence-corrected chi connectivity index (χ4v) is 4.14. The van der Waals surface area contributed by atoms with Crippen LogP contribution in [0.25, 0.3) is 10.9 Å². The van der Waals surface area contributed by atoms with E-state index < -0.39 is 6.36 Å². The molecule has 170 valence electrons. The molecule has 8 heteroatoms. The van der Waals surface area contributed by atoms with Crippen LogP contribution in [0, 0.1) is 0 Å². The standard InChI is InChI=1S/C24H26F3N3O2/c25-24(26,27)32-20-10-8-18(9-11-20)17-29-12-14-30(15-13-29)23(31)7-3-4-19-16-28-22-6-2-1-5-21(19)22/h1-2,5-6,8-11,16,28H,3-4,7,12-15,17H2. The van der Waals surface area contributed by atoms with E-state index in [2.05, 4.69) is 20.7 Å². The lowest BCUT2D eigenvalue weighted by atomic mass is 10.1. The minimum absolute atomic E-state index is 0.179. The van der Waals surface area contributed by atoms with Gasteiger partial charge in [-0.25, -0.2) is 0 Å². The number of aromatic nitrogens is 1. The molecule has 4 rings (SSSR count). The van der Waals surface area contributed by atoms with Gasteiger partial charge in [-0.05, 0) is 42.2 Å². The van der Waals surface area contributed by atoms with Gasteiger partial charge in [-0.3, -0.25) is 9.69 Å². The molecule has 0 spiro atoms. The highest BCUT2D eigenvalue weighted by molar-refractivity contribution is 5.83. The molecule has 0 aliphatic carbocycles. The van der Waals surface area contributed by atoms with E-state index in [1.165, 1.54) is 23.1 Å². The Kier molecular flexibility index (Phi) is 6.69. The number of hydrogen-bond acceptors (Lipinski definition) is 3. The highest BCUT2D eigenvalue weighted by Crippen LogP contribution is 2.23. The molecule has 2 heterocycles. The summed E-state index contributed by atoms with van der Waals surface area (Å²) in [5.41, 5.74) is 3.27. The third-order valence-electron chi connectivity index (χ3n) is 5.80. The number of alkyl halides is 3. The first-order valence-electron chi connectivity index (χ1n) is 10.8. The van der Waals surface area contributed by atoms with Gasteiger partial charge in [0.15, 0.2) is 0 Å². The summed E-state index contributed by atoms with van der Waals surface area (Å²) in [6.45, 7) is 3.46. The first-order chi connectivity index (χ1) is 15.4. The number of para-hydroxylation sites is 1. The normalized spacial score (nSPS) is 15.3. The fourth-order valence-electron chi connectivity index (χ4n) is 4.14. The van der Waals surface area contributed by atoms with E-state index in [4.69, 9.17) is 0 Å². The molecule has 1 aliphatic heterocycles. The maximum Gasteiger partial charge on any atom is 0.573 e. The summed E-state index contributed by atoms with van der Waals surface area (Å²) in [6.07, 6.45) is -0.452. The highest BCUT2D eigenvalue weighted by Gasteiger charge is 2.31. The summed E-state index contributed by atoms with van der Waals surface area (Å²) in [5.74, 6) is -0.0394. The molecule has 1 aromatic heterocycles. The predicted molar refractivity (Wildman–Crippen MR) is 116 cm³/mol. The van der Waals surface area contributed by atoms with Crippen molar-refractivity contribution in [3.05, 3.63) is 65.9 Å². The van der Waals surface area contributed by atoms with Crippen molar-refractivity contribution in [2.24, 2.45) is 0 Å². The number of fused-ring (bicyclic) bond motifs is 1. The Hall–Kier alpha value is -3.00. The van der Waals surface area contributed by atoms with Gasteiger partial charge in [0.1, 0.15) is 5.75 Å². The Labute approximate surface area is 184 Å². The van der Waals surface area contributed by atoms with Crippen LogP contribution >= 0.6 is 0 Å². The number of nitrogens with one attached hydrogen (secondary N) is 1. The molecule has 1 saturated heterocycles. The van der Waals surface area contributed by atoms with E-state index in [0.717, 1.165) is 37.0 Å². The number of amides is 1. The summed E-state index contributed by atoms with van der Waals surface area (Å²) >= 11 is 0. The largest absolute Gasteiger partial charge is 0.573 e. The van der Waals surface area contributed by atoms with E-state index in [0.29, 0.717) is 26.1 Å². The monoisotopic (exact) mass is 445 g/mol. The molecule has 0 atom stereocenters. The average molecular weight is 445 g/mol. The molecule has 1 fully saturated rings. The third kappa shape index (κ3) is 5.82. The molecular weight excluding hydrogens is 419 g/mol. The predicted octanol–water partition coefficient (Wildman–Crippen LogP) is 4.73. The zero-order valence-corrected chi connectivity index (χ0v) is 17.7. The van der Waals surface area contributed by atoms with Crippen LogP contribution in [0.2, 0.25) is 0 Å². The van der Waals surface area contributed by atoms with Crippen LogP contribution in [-0.4, -0.2) is 53.2 Å². The number of benzene rings is 2. The third-order valence-corrected chi connectivity index (χ3v) is 5.80. The zero-order chi connectivity index (χ0) is 22.6. The van der Waals surface area contributed by atoms with Crippen molar-refractivity contribution >= 4 is 16.8 Å². The Morgan fingerprint density at radius 1 is 1.00 bits per heavy atom. The number of carbonyl (C=O) groups excluding carboxylic acids is 1. The molecule has 0 saturated carbocycles. The number of nitrogens with zero attached hydrogens (tertiary/aromatic N) is 2. The van der Waals surface area contributed by atoms with Crippen LogP contribution in [0.3, 0.4) is 0 Å². The first kappa shape index (κ1) is 22.2. The number of rotatable bonds is 7. The summed E-state index contributed by atoms with van der Waals surface area (Å²) in [7, 11) is 0. The molecule has 1 N–H and O–H groups in total. The molecule has 3 aromatic rings. The molecule has 0 bridgehead atoms. The minimum atomic E-state index is -4.68. The van der Waals surface area contributed by atoms with Gasteiger partial charge in [0.05, 0.1) is 0 Å². The number of carbonyl (C=O) groups is 1. The average Bonchev–Trinajstić information content (AvgIpc) is 3.18. The highest BCUT2D eigenvalue weighted by atomic mass is 19.4. The lowest BCUT2D eigenvalue weighted by molar-refractivity contribution is -0.274. The second kappa shape index (κ2) is 9.65. The second-order valence-electron chi connectivity index (χ2n) is 8.06. The molecular formula is C24H26F3N3O2. The molecule has 32 heavy (non-hydrogen) atoms. The Morgan fingerprint density at radius 3 is 2.44 bits per heavy atom. The fraction of sp³-hybridized carbons (Fsp3) is 0.375. The molecule has 2 aromatic carbocycles. The van der Waals surface area contributed by atoms with Crippen LogP contribution in [0.15, 0.2) is 54.7 Å². The van der Waals surface area contributed by atoms with Crippen molar-refractivity contribution < 1.29 is 22.7 Å². The lowest BCUT2D eigenvalue weighted by Gasteiger charge is -2.35. The second-order valence-corrected chi connectivity index (χ2v) is 8.06. The molecule has 1 amide bonds. The smallest absolute Gasteiger partial charge is 0.406 e. The van der Waals surface area contributed by atoms with Crippen molar-refractivity contribution in [1.29, 1.82) is 0 Å². The van der Waals surface area contributed by atoms with Gasteiger partial charge in [-0.2, -0.15) is 0 Å². The maximum atomic E-state index is 12.6. The number of piperazine rings is 1. The summed E-state index contributed by atoms with van der Waals surface area (Å²) < 4.78 is 40.7. The zero-order valence-electron chi connectivity index (χ0n) is 17.7. The van der Waals surface area contributed by atoms with Gasteiger partial charge in [-0.15, -0.1) is 13.2 Å². The number of ether oxygens (including phenoxy) is 1. The number of aryl methyl sites for hydroxylation is 1. The van der Waals surface area contributed by atoms with Crippen molar-refractivity contribution in [2.75, 3.05) is 26.2 Å². The van der Waals surface area contributed by atoms with E-state index >= 15 is 0 Å². The van der Waals surface area contributed by atoms with Crippen LogP contribution in [0.5, 0.6) is 5.75 Å². The van der Waals surface area contributed by atoms with Crippen LogP contribution < -0.4 is 4.74 Å². The Bertz CT molecular complexity index is 1040. The van der Waals surface area contributed by atoms with E-state index in [9.17, 15) is 18.0 Å². The number of halogens is 3. The van der Waals surface area contributed by atoms with Crippen molar-refractivity contribution in [2.45, 2.75) is 32.2 Å². The van der Waals surface area contributed by atoms with E-state index in [1.54, 1.807) is 12.1 Å². The van der Waals surface area contributed by atoms with Crippen molar-refractivity contribution in [1.82, 2.24) is 14.8 Å². The first-order valence-corrected chi connectivity index (χ1v) is 10.8. The van der Waals surface area contributed by atoms with Gasteiger partial charge in [0, 0.05) is 56.2 Å². The summed E-state index contributed by atoms with van der Waals surface area (Å²) in [5, 5.41) is 1.21. The van der Waals surface area contributed by atoms with Crippen LogP contribution in [0.4, 0.5) is 13.2 Å². The quantitative estimate of drug-likeness (QED) is 0.572. The Balaban J connectivity index is 1.19. The summed E-state index contributed by atoms with van der Waals surface area (Å²) in [4.78, 5) is 20.0. The minimum Gasteiger partial charge on any atom is -0.406 e. The molecule has 1 aliphatic rings. The van der Waals surface area contributed by atoms with Gasteiger partial charge in [-0.1, -0.05) is 30.3 Å².